The molecule has 0 spiro atoms. The molecular weight excluding hydrogens is 248 g/mol. The summed E-state index contributed by atoms with van der Waals surface area (Å²) in [4.78, 5) is 27.2. The van der Waals surface area contributed by atoms with Gasteiger partial charge in [-0.15, -0.1) is 0 Å². The standard InChI is InChI=1S/C13H20N2O4/c16-12(10-7-11(10)13(17)18)15-2-1-9(8-15)14-3-5-19-6-4-14/h9-11H,1-8H2,(H,17,18). The van der Waals surface area contributed by atoms with Crippen LogP contribution in [0.3, 0.4) is 0 Å². The van der Waals surface area contributed by atoms with Crippen LogP contribution < -0.4 is 0 Å². The molecule has 3 fully saturated rings. The minimum atomic E-state index is -0.831. The fraction of sp³-hybridized carbons (Fsp3) is 0.846. The number of hydrogen-bond donors (Lipinski definition) is 1. The molecule has 1 saturated carbocycles. The van der Waals surface area contributed by atoms with Crippen molar-refractivity contribution >= 4 is 11.9 Å². The minimum Gasteiger partial charge on any atom is -0.481 e. The summed E-state index contributed by atoms with van der Waals surface area (Å²) in [6, 6.07) is 0.426. The van der Waals surface area contributed by atoms with Crippen molar-refractivity contribution in [3.63, 3.8) is 0 Å². The largest absolute Gasteiger partial charge is 0.481 e. The third-order valence-electron chi connectivity index (χ3n) is 4.46. The molecule has 3 unspecified atom stereocenters. The quantitative estimate of drug-likeness (QED) is 0.757. The summed E-state index contributed by atoms with van der Waals surface area (Å²) >= 11 is 0. The number of amides is 1. The molecule has 1 N–H and O–H groups in total. The monoisotopic (exact) mass is 268 g/mol. The van der Waals surface area contributed by atoms with Gasteiger partial charge in [0, 0.05) is 32.2 Å². The Bertz CT molecular complexity index is 381. The van der Waals surface area contributed by atoms with Gasteiger partial charge < -0.3 is 14.7 Å². The smallest absolute Gasteiger partial charge is 0.307 e. The van der Waals surface area contributed by atoms with Crippen LogP contribution in [0, 0.1) is 11.8 Å². The molecule has 0 radical (unpaired) electrons. The summed E-state index contributed by atoms with van der Waals surface area (Å²) < 4.78 is 5.33. The maximum atomic E-state index is 12.2. The predicted molar refractivity (Wildman–Crippen MR) is 66.6 cm³/mol. The molecule has 106 valence electrons. The zero-order valence-corrected chi connectivity index (χ0v) is 11.0. The first-order valence-electron chi connectivity index (χ1n) is 7.00. The zero-order chi connectivity index (χ0) is 13.4. The molecule has 3 atom stereocenters. The van der Waals surface area contributed by atoms with Crippen LogP contribution >= 0.6 is 0 Å². The first-order chi connectivity index (χ1) is 9.16. The fourth-order valence-corrected chi connectivity index (χ4v) is 3.16. The lowest BCUT2D eigenvalue weighted by Crippen LogP contribution is -2.45. The Kier molecular flexibility index (Phi) is 3.45. The molecule has 0 bridgehead atoms. The Balaban J connectivity index is 1.51. The number of morpholine rings is 1. The van der Waals surface area contributed by atoms with Gasteiger partial charge in [-0.05, 0) is 12.8 Å². The molecule has 3 rings (SSSR count). The first kappa shape index (κ1) is 12.9. The summed E-state index contributed by atoms with van der Waals surface area (Å²) in [6.07, 6.45) is 1.52. The highest BCUT2D eigenvalue weighted by Gasteiger charge is 2.50. The van der Waals surface area contributed by atoms with Crippen LogP contribution in [0.5, 0.6) is 0 Å². The van der Waals surface area contributed by atoms with Gasteiger partial charge in [-0.1, -0.05) is 0 Å². The van der Waals surface area contributed by atoms with Gasteiger partial charge in [-0.2, -0.15) is 0 Å². The number of hydrogen-bond acceptors (Lipinski definition) is 4. The number of carboxylic acid groups (broad SMARTS) is 1. The summed E-state index contributed by atoms with van der Waals surface area (Å²) in [5.41, 5.74) is 0. The number of nitrogens with zero attached hydrogens (tertiary/aromatic N) is 2. The molecule has 0 aromatic carbocycles. The van der Waals surface area contributed by atoms with E-state index in [0.29, 0.717) is 12.5 Å². The molecule has 2 heterocycles. The molecular formula is C13H20N2O4. The molecule has 2 saturated heterocycles. The predicted octanol–water partition coefficient (Wildman–Crippen LogP) is -0.360. The van der Waals surface area contributed by atoms with Gasteiger partial charge in [0.25, 0.3) is 0 Å². The SMILES string of the molecule is O=C(O)C1CC1C(=O)N1CCC(N2CCOCC2)C1. The topological polar surface area (TPSA) is 70.1 Å². The Morgan fingerprint density at radius 1 is 1.11 bits per heavy atom. The van der Waals surface area contributed by atoms with Crippen molar-refractivity contribution in [2.24, 2.45) is 11.8 Å². The molecule has 19 heavy (non-hydrogen) atoms. The molecule has 0 aromatic heterocycles. The Hall–Kier alpha value is -1.14. The second-order valence-corrected chi connectivity index (χ2v) is 5.66. The highest BCUT2D eigenvalue weighted by atomic mass is 16.5. The van der Waals surface area contributed by atoms with Crippen molar-refractivity contribution < 1.29 is 19.4 Å². The molecule has 3 aliphatic rings. The molecule has 6 heteroatoms. The highest BCUT2D eigenvalue weighted by molar-refractivity contribution is 5.89. The van der Waals surface area contributed by atoms with Gasteiger partial charge in [0.15, 0.2) is 0 Å². The number of ether oxygens (including phenoxy) is 1. The summed E-state index contributed by atoms with van der Waals surface area (Å²) in [6.45, 7) is 4.94. The number of carbonyl (C=O) groups excluding carboxylic acids is 1. The van der Waals surface area contributed by atoms with Gasteiger partial charge in [0.2, 0.25) is 5.91 Å². The molecule has 1 amide bonds. The summed E-state index contributed by atoms with van der Waals surface area (Å²) in [5, 5.41) is 8.88. The summed E-state index contributed by atoms with van der Waals surface area (Å²) in [7, 11) is 0. The third kappa shape index (κ3) is 2.60. The van der Waals surface area contributed by atoms with E-state index in [1.165, 1.54) is 0 Å². The van der Waals surface area contributed by atoms with Gasteiger partial charge in [-0.3, -0.25) is 14.5 Å². The van der Waals surface area contributed by atoms with Crippen LogP contribution in [0.15, 0.2) is 0 Å². The van der Waals surface area contributed by atoms with E-state index >= 15 is 0 Å². The van der Waals surface area contributed by atoms with Crippen molar-refractivity contribution in [3.05, 3.63) is 0 Å². The normalized spacial score (nSPS) is 35.4. The highest BCUT2D eigenvalue weighted by Crippen LogP contribution is 2.40. The van der Waals surface area contributed by atoms with E-state index in [4.69, 9.17) is 9.84 Å². The van der Waals surface area contributed by atoms with Crippen molar-refractivity contribution in [2.45, 2.75) is 18.9 Å². The van der Waals surface area contributed by atoms with Gasteiger partial charge >= 0.3 is 5.97 Å². The lowest BCUT2D eigenvalue weighted by Gasteiger charge is -2.32. The van der Waals surface area contributed by atoms with Crippen LogP contribution in [0.4, 0.5) is 0 Å². The van der Waals surface area contributed by atoms with Crippen LogP contribution in [0.2, 0.25) is 0 Å². The van der Waals surface area contributed by atoms with Crippen LogP contribution in [0.1, 0.15) is 12.8 Å². The number of likely N-dealkylation sites (tertiary alicyclic amines) is 1. The molecule has 6 nitrogen and oxygen atoms in total. The molecule has 0 aromatic rings. The van der Waals surface area contributed by atoms with Crippen LogP contribution in [0.25, 0.3) is 0 Å². The average Bonchev–Trinajstić information content (AvgIpc) is 3.08. The second kappa shape index (κ2) is 5.09. The van der Waals surface area contributed by atoms with E-state index in [1.807, 2.05) is 4.90 Å². The Morgan fingerprint density at radius 3 is 2.47 bits per heavy atom. The molecule has 2 aliphatic heterocycles. The lowest BCUT2D eigenvalue weighted by molar-refractivity contribution is -0.141. The van der Waals surface area contributed by atoms with E-state index in [-0.39, 0.29) is 11.8 Å². The van der Waals surface area contributed by atoms with Gasteiger partial charge in [0.1, 0.15) is 0 Å². The van der Waals surface area contributed by atoms with Crippen LogP contribution in [-0.2, 0) is 14.3 Å². The van der Waals surface area contributed by atoms with Crippen molar-refractivity contribution in [1.29, 1.82) is 0 Å². The zero-order valence-electron chi connectivity index (χ0n) is 11.0. The van der Waals surface area contributed by atoms with Crippen molar-refractivity contribution in [1.82, 2.24) is 9.80 Å². The lowest BCUT2D eigenvalue weighted by atomic mass is 10.2. The van der Waals surface area contributed by atoms with Crippen molar-refractivity contribution in [2.75, 3.05) is 39.4 Å². The number of carboxylic acids is 1. The Labute approximate surface area is 112 Å². The average molecular weight is 268 g/mol. The van der Waals surface area contributed by atoms with Crippen molar-refractivity contribution in [3.8, 4) is 0 Å². The minimum absolute atomic E-state index is 0.0446. The van der Waals surface area contributed by atoms with E-state index < -0.39 is 11.9 Å². The summed E-state index contributed by atoms with van der Waals surface area (Å²) in [5.74, 6) is -1.48. The maximum Gasteiger partial charge on any atom is 0.307 e. The number of aliphatic carboxylic acids is 1. The number of rotatable bonds is 3. The van der Waals surface area contributed by atoms with E-state index in [0.717, 1.165) is 45.8 Å². The maximum absolute atomic E-state index is 12.2. The third-order valence-corrected chi connectivity index (χ3v) is 4.46. The van der Waals surface area contributed by atoms with Gasteiger partial charge in [0.05, 0.1) is 25.0 Å². The Morgan fingerprint density at radius 2 is 1.84 bits per heavy atom. The second-order valence-electron chi connectivity index (χ2n) is 5.66. The van der Waals surface area contributed by atoms with E-state index in [1.54, 1.807) is 0 Å². The van der Waals surface area contributed by atoms with Gasteiger partial charge in [-0.25, -0.2) is 0 Å². The van der Waals surface area contributed by atoms with E-state index in [9.17, 15) is 9.59 Å². The molecule has 1 aliphatic carbocycles. The fourth-order valence-electron chi connectivity index (χ4n) is 3.16. The number of carbonyl (C=O) groups is 2. The van der Waals surface area contributed by atoms with E-state index in [2.05, 4.69) is 4.90 Å². The van der Waals surface area contributed by atoms with Crippen LogP contribution in [-0.4, -0.2) is 72.2 Å². The first-order valence-corrected chi connectivity index (χ1v) is 7.00.